The summed E-state index contributed by atoms with van der Waals surface area (Å²) < 4.78 is 1.08. The summed E-state index contributed by atoms with van der Waals surface area (Å²) in [4.78, 5) is 4.62. The highest BCUT2D eigenvalue weighted by atomic mass is 127. The molecule has 4 heteroatoms. The highest BCUT2D eigenvalue weighted by Crippen LogP contribution is 2.41. The zero-order valence-electron chi connectivity index (χ0n) is 8.30. The van der Waals surface area contributed by atoms with E-state index in [4.69, 9.17) is 23.2 Å². The van der Waals surface area contributed by atoms with Crippen LogP contribution in [0.2, 0.25) is 10.0 Å². The second-order valence-electron chi connectivity index (χ2n) is 4.09. The number of aromatic nitrogens is 1. The molecular weight excluding hydrogens is 356 g/mol. The average molecular weight is 364 g/mol. The standard InChI is InChI=1S/C12H8Cl2IN/c13-9-5-11(6-1-2-6)16-12-8(9)3-7(15)4-10(12)14/h3-6H,1-2H2. The van der Waals surface area contributed by atoms with Crippen molar-refractivity contribution in [1.29, 1.82) is 0 Å². The molecule has 0 radical (unpaired) electrons. The van der Waals surface area contributed by atoms with Gasteiger partial charge in [0.15, 0.2) is 0 Å². The normalized spacial score (nSPS) is 15.7. The van der Waals surface area contributed by atoms with Crippen LogP contribution < -0.4 is 0 Å². The van der Waals surface area contributed by atoms with E-state index in [0.717, 1.165) is 25.2 Å². The van der Waals surface area contributed by atoms with Gasteiger partial charge in [-0.15, -0.1) is 0 Å². The fourth-order valence-corrected chi connectivity index (χ4v) is 3.14. The van der Waals surface area contributed by atoms with Gasteiger partial charge in [-0.1, -0.05) is 23.2 Å². The van der Waals surface area contributed by atoms with E-state index in [1.165, 1.54) is 12.8 Å². The number of fused-ring (bicyclic) bond motifs is 1. The van der Waals surface area contributed by atoms with Gasteiger partial charge in [0.25, 0.3) is 0 Å². The van der Waals surface area contributed by atoms with Gasteiger partial charge < -0.3 is 0 Å². The largest absolute Gasteiger partial charge is 0.251 e. The van der Waals surface area contributed by atoms with E-state index in [1.807, 2.05) is 18.2 Å². The van der Waals surface area contributed by atoms with Crippen molar-refractivity contribution in [2.45, 2.75) is 18.8 Å². The van der Waals surface area contributed by atoms with E-state index >= 15 is 0 Å². The maximum Gasteiger partial charge on any atom is 0.0907 e. The fraction of sp³-hybridized carbons (Fsp3) is 0.250. The van der Waals surface area contributed by atoms with E-state index in [9.17, 15) is 0 Å². The van der Waals surface area contributed by atoms with Crippen LogP contribution in [0.3, 0.4) is 0 Å². The van der Waals surface area contributed by atoms with Gasteiger partial charge in [-0.3, -0.25) is 4.98 Å². The lowest BCUT2D eigenvalue weighted by atomic mass is 10.1. The molecule has 0 aliphatic heterocycles. The Morgan fingerprint density at radius 1 is 1.12 bits per heavy atom. The summed E-state index contributed by atoms with van der Waals surface area (Å²) >= 11 is 14.7. The molecule has 1 aliphatic carbocycles. The van der Waals surface area contributed by atoms with Crippen LogP contribution in [0.1, 0.15) is 24.5 Å². The summed E-state index contributed by atoms with van der Waals surface area (Å²) in [6, 6.07) is 5.92. The maximum absolute atomic E-state index is 6.28. The first-order valence-electron chi connectivity index (χ1n) is 5.10. The van der Waals surface area contributed by atoms with Gasteiger partial charge in [0.1, 0.15) is 0 Å². The number of hydrogen-bond acceptors (Lipinski definition) is 1. The zero-order chi connectivity index (χ0) is 11.3. The predicted molar refractivity (Wildman–Crippen MR) is 76.5 cm³/mol. The molecule has 1 aliphatic rings. The Hall–Kier alpha value is -0.0600. The molecule has 1 nitrogen and oxygen atoms in total. The minimum atomic E-state index is 0.595. The highest BCUT2D eigenvalue weighted by Gasteiger charge is 2.26. The Morgan fingerprint density at radius 2 is 1.88 bits per heavy atom. The van der Waals surface area contributed by atoms with Crippen molar-refractivity contribution < 1.29 is 0 Å². The van der Waals surface area contributed by atoms with E-state index < -0.39 is 0 Å². The molecule has 0 saturated heterocycles. The summed E-state index contributed by atoms with van der Waals surface area (Å²) in [6.07, 6.45) is 2.44. The second kappa shape index (κ2) is 4.00. The molecule has 1 aromatic carbocycles. The minimum absolute atomic E-state index is 0.595. The van der Waals surface area contributed by atoms with Crippen molar-refractivity contribution in [3.8, 4) is 0 Å². The summed E-state index contributed by atoms with van der Waals surface area (Å²) in [7, 11) is 0. The van der Waals surface area contributed by atoms with E-state index in [-0.39, 0.29) is 0 Å². The second-order valence-corrected chi connectivity index (χ2v) is 6.15. The summed E-state index contributed by atoms with van der Waals surface area (Å²) in [5.74, 6) is 0.595. The molecule has 0 atom stereocenters. The van der Waals surface area contributed by atoms with Crippen molar-refractivity contribution in [3.05, 3.63) is 37.5 Å². The lowest BCUT2D eigenvalue weighted by Crippen LogP contribution is -1.90. The van der Waals surface area contributed by atoms with Crippen molar-refractivity contribution in [3.63, 3.8) is 0 Å². The van der Waals surface area contributed by atoms with Crippen molar-refractivity contribution >= 4 is 56.7 Å². The van der Waals surface area contributed by atoms with Gasteiger partial charge in [0, 0.05) is 20.6 Å². The van der Waals surface area contributed by atoms with E-state index in [0.29, 0.717) is 10.9 Å². The number of halogens is 3. The molecule has 2 aromatic rings. The predicted octanol–water partition coefficient (Wildman–Crippen LogP) is 5.02. The molecule has 0 N–H and O–H groups in total. The first-order chi connectivity index (χ1) is 7.65. The zero-order valence-corrected chi connectivity index (χ0v) is 12.0. The molecule has 82 valence electrons. The molecule has 0 bridgehead atoms. The Morgan fingerprint density at radius 3 is 2.56 bits per heavy atom. The third-order valence-corrected chi connectivity index (χ3v) is 4.02. The third kappa shape index (κ3) is 1.91. The number of hydrogen-bond donors (Lipinski definition) is 0. The number of nitrogens with zero attached hydrogens (tertiary/aromatic N) is 1. The van der Waals surface area contributed by atoms with Crippen LogP contribution in [-0.4, -0.2) is 4.98 Å². The Labute approximate surface area is 117 Å². The molecule has 16 heavy (non-hydrogen) atoms. The summed E-state index contributed by atoms with van der Waals surface area (Å²) in [5.41, 5.74) is 1.91. The molecular formula is C12H8Cl2IN. The lowest BCUT2D eigenvalue weighted by molar-refractivity contribution is 1.04. The van der Waals surface area contributed by atoms with Crippen LogP contribution in [0.4, 0.5) is 0 Å². The smallest absolute Gasteiger partial charge is 0.0907 e. The SMILES string of the molecule is Clc1cc(C2CC2)nc2c(Cl)cc(I)cc12. The average Bonchev–Trinajstić information content (AvgIpc) is 3.02. The molecule has 0 unspecified atom stereocenters. The Bertz CT molecular complexity index is 579. The highest BCUT2D eigenvalue weighted by molar-refractivity contribution is 14.1. The summed E-state index contributed by atoms with van der Waals surface area (Å²) in [6.45, 7) is 0. The Kier molecular flexibility index (Phi) is 2.76. The van der Waals surface area contributed by atoms with Crippen LogP contribution in [0.5, 0.6) is 0 Å². The number of benzene rings is 1. The lowest BCUT2D eigenvalue weighted by Gasteiger charge is -2.06. The third-order valence-electron chi connectivity index (χ3n) is 2.80. The molecule has 1 heterocycles. The molecule has 0 spiro atoms. The van der Waals surface area contributed by atoms with Crippen LogP contribution in [0.25, 0.3) is 10.9 Å². The van der Waals surface area contributed by atoms with Gasteiger partial charge in [-0.25, -0.2) is 0 Å². The van der Waals surface area contributed by atoms with E-state index in [1.54, 1.807) is 0 Å². The van der Waals surface area contributed by atoms with Gasteiger partial charge in [-0.2, -0.15) is 0 Å². The summed E-state index contributed by atoms with van der Waals surface area (Å²) in [5, 5.41) is 2.39. The first kappa shape index (κ1) is 11.1. The molecule has 0 amide bonds. The first-order valence-corrected chi connectivity index (χ1v) is 6.94. The van der Waals surface area contributed by atoms with Crippen molar-refractivity contribution in [2.75, 3.05) is 0 Å². The van der Waals surface area contributed by atoms with Gasteiger partial charge in [-0.05, 0) is 53.6 Å². The van der Waals surface area contributed by atoms with Gasteiger partial charge in [0.05, 0.1) is 15.6 Å². The van der Waals surface area contributed by atoms with Crippen LogP contribution >= 0.6 is 45.8 Å². The quantitative estimate of drug-likeness (QED) is 0.648. The van der Waals surface area contributed by atoms with Crippen molar-refractivity contribution in [2.24, 2.45) is 0 Å². The van der Waals surface area contributed by atoms with E-state index in [2.05, 4.69) is 27.6 Å². The van der Waals surface area contributed by atoms with Crippen LogP contribution in [0.15, 0.2) is 18.2 Å². The molecule has 1 saturated carbocycles. The Balaban J connectivity index is 2.32. The van der Waals surface area contributed by atoms with Gasteiger partial charge in [0.2, 0.25) is 0 Å². The minimum Gasteiger partial charge on any atom is -0.251 e. The molecule has 1 aromatic heterocycles. The molecule has 1 fully saturated rings. The monoisotopic (exact) mass is 363 g/mol. The maximum atomic E-state index is 6.28. The van der Waals surface area contributed by atoms with Gasteiger partial charge >= 0.3 is 0 Å². The number of pyridine rings is 1. The molecule has 3 rings (SSSR count). The number of rotatable bonds is 1. The topological polar surface area (TPSA) is 12.9 Å². The van der Waals surface area contributed by atoms with Crippen molar-refractivity contribution in [1.82, 2.24) is 4.98 Å². The van der Waals surface area contributed by atoms with Crippen LogP contribution in [-0.2, 0) is 0 Å². The van der Waals surface area contributed by atoms with Crippen LogP contribution in [0, 0.1) is 3.57 Å². The fourth-order valence-electron chi connectivity index (χ4n) is 1.82.